The second-order valence-corrected chi connectivity index (χ2v) is 10.6. The zero-order valence-electron chi connectivity index (χ0n) is 19.4. The molecule has 0 bridgehead atoms. The number of piperazine rings is 1. The van der Waals surface area contributed by atoms with E-state index in [1.807, 2.05) is 13.1 Å². The lowest BCUT2D eigenvalue weighted by Gasteiger charge is -2.45. The lowest BCUT2D eigenvalue weighted by atomic mass is 9.97. The van der Waals surface area contributed by atoms with E-state index in [-0.39, 0.29) is 22.0 Å². The van der Waals surface area contributed by atoms with Crippen molar-refractivity contribution in [3.05, 3.63) is 47.4 Å². The summed E-state index contributed by atoms with van der Waals surface area (Å²) >= 11 is 1.36. The van der Waals surface area contributed by atoms with E-state index in [1.54, 1.807) is 0 Å². The van der Waals surface area contributed by atoms with E-state index in [0.717, 1.165) is 43.0 Å². The smallest absolute Gasteiger partial charge is 0.219 e. The van der Waals surface area contributed by atoms with Gasteiger partial charge in [0.2, 0.25) is 5.12 Å². The fourth-order valence-corrected chi connectivity index (χ4v) is 5.48. The van der Waals surface area contributed by atoms with Crippen LogP contribution < -0.4 is 4.90 Å². The van der Waals surface area contributed by atoms with E-state index < -0.39 is 0 Å². The fourth-order valence-electron chi connectivity index (χ4n) is 4.54. The third kappa shape index (κ3) is 4.33. The van der Waals surface area contributed by atoms with Gasteiger partial charge in [0.25, 0.3) is 0 Å². The van der Waals surface area contributed by atoms with E-state index in [1.165, 1.54) is 28.4 Å². The molecule has 31 heavy (non-hydrogen) atoms. The zero-order chi connectivity index (χ0) is 22.3. The number of hydrogen-bond acceptors (Lipinski definition) is 6. The highest BCUT2D eigenvalue weighted by Crippen LogP contribution is 2.38. The van der Waals surface area contributed by atoms with Gasteiger partial charge in [-0.1, -0.05) is 23.9 Å². The molecule has 6 heteroatoms. The number of nitrogens with zero attached hydrogens (tertiary/aromatic N) is 3. The van der Waals surface area contributed by atoms with Crippen LogP contribution in [-0.4, -0.2) is 58.1 Å². The second kappa shape index (κ2) is 8.47. The lowest BCUT2D eigenvalue weighted by Crippen LogP contribution is -2.56. The zero-order valence-corrected chi connectivity index (χ0v) is 20.3. The Morgan fingerprint density at radius 1 is 1.16 bits per heavy atom. The molecular formula is C25H33N3O2S. The number of hydrogen-bond donors (Lipinski definition) is 0. The Labute approximate surface area is 189 Å². The van der Waals surface area contributed by atoms with E-state index in [0.29, 0.717) is 0 Å². The molecule has 0 amide bonds. The van der Waals surface area contributed by atoms with Crippen LogP contribution in [0.1, 0.15) is 40.2 Å². The summed E-state index contributed by atoms with van der Waals surface area (Å²) in [6.07, 6.45) is 1.92. The van der Waals surface area contributed by atoms with Crippen LogP contribution >= 0.6 is 11.8 Å². The molecule has 2 atom stereocenters. The number of aromatic nitrogens is 1. The number of anilines is 1. The van der Waals surface area contributed by atoms with Gasteiger partial charge in [0, 0.05) is 55.1 Å². The first-order chi connectivity index (χ1) is 14.7. The predicted octanol–water partition coefficient (Wildman–Crippen LogP) is 4.78. The van der Waals surface area contributed by atoms with E-state index >= 15 is 0 Å². The van der Waals surface area contributed by atoms with Gasteiger partial charge in [-0.15, -0.1) is 0 Å². The summed E-state index contributed by atoms with van der Waals surface area (Å²) in [6, 6.07) is 8.88. The number of fused-ring (bicyclic) bond motifs is 1. The molecule has 0 N–H and O–H groups in total. The Morgan fingerprint density at radius 3 is 2.52 bits per heavy atom. The highest BCUT2D eigenvalue weighted by molar-refractivity contribution is 8.15. The fraction of sp³-hybridized carbons (Fsp3) is 0.520. The van der Waals surface area contributed by atoms with Crippen molar-refractivity contribution in [2.24, 2.45) is 0 Å². The van der Waals surface area contributed by atoms with Crippen molar-refractivity contribution in [3.63, 3.8) is 0 Å². The third-order valence-corrected chi connectivity index (χ3v) is 7.87. The number of benzene rings is 1. The van der Waals surface area contributed by atoms with Crippen LogP contribution in [0.3, 0.4) is 0 Å². The molecule has 0 saturated carbocycles. The predicted molar refractivity (Wildman–Crippen MR) is 130 cm³/mol. The van der Waals surface area contributed by atoms with Gasteiger partial charge >= 0.3 is 0 Å². The van der Waals surface area contributed by atoms with Crippen LogP contribution in [0.25, 0.3) is 10.9 Å². The number of carbonyl (C=O) groups is 1. The molecule has 2 aromatic rings. The maximum Gasteiger partial charge on any atom is 0.219 e. The minimum atomic E-state index is -0.376. The molecule has 0 spiro atoms. The van der Waals surface area contributed by atoms with Crippen LogP contribution in [0.5, 0.6) is 0 Å². The van der Waals surface area contributed by atoms with Gasteiger partial charge in [-0.25, -0.2) is 0 Å². The van der Waals surface area contributed by atoms with Gasteiger partial charge in [-0.2, -0.15) is 0 Å². The standard InChI is InChI=1S/C25H33N3O2S/c1-16-7-8-20-21(15-16)26-10-9-22(20)28-13-11-27(12-14-28)19(4)25(5,6)30-23-17(2)24(29)31-18(23)3/h7-10,15,18-19H,11-14H2,1-6H3. The highest BCUT2D eigenvalue weighted by atomic mass is 32.2. The minimum Gasteiger partial charge on any atom is -0.489 e. The molecule has 1 fully saturated rings. The van der Waals surface area contributed by atoms with Gasteiger partial charge < -0.3 is 9.64 Å². The van der Waals surface area contributed by atoms with Crippen LogP contribution in [0, 0.1) is 6.92 Å². The van der Waals surface area contributed by atoms with Gasteiger partial charge in [-0.3, -0.25) is 14.7 Å². The van der Waals surface area contributed by atoms with Gasteiger partial charge in [0.1, 0.15) is 11.4 Å². The monoisotopic (exact) mass is 439 g/mol. The average molecular weight is 440 g/mol. The molecule has 2 aliphatic rings. The molecule has 1 aromatic heterocycles. The first-order valence-corrected chi connectivity index (χ1v) is 12.0. The largest absolute Gasteiger partial charge is 0.489 e. The maximum absolute atomic E-state index is 12.0. The van der Waals surface area contributed by atoms with Crippen LogP contribution in [-0.2, 0) is 9.53 Å². The number of ether oxygens (including phenoxy) is 1. The first-order valence-electron chi connectivity index (χ1n) is 11.1. The number of thioether (sulfide) groups is 1. The Bertz CT molecular complexity index is 1020. The highest BCUT2D eigenvalue weighted by Gasteiger charge is 2.38. The summed E-state index contributed by atoms with van der Waals surface area (Å²) in [6.45, 7) is 16.5. The summed E-state index contributed by atoms with van der Waals surface area (Å²) in [4.78, 5) is 21.6. The quantitative estimate of drug-likeness (QED) is 0.668. The SMILES string of the molecule is CC1=C(OC(C)(C)C(C)N2CCN(c3ccnc4cc(C)ccc34)CC2)C(C)SC1=O. The molecule has 2 unspecified atom stereocenters. The van der Waals surface area contributed by atoms with Crippen molar-refractivity contribution < 1.29 is 9.53 Å². The number of pyridine rings is 1. The van der Waals surface area contributed by atoms with Gasteiger partial charge in [-0.05, 0) is 59.2 Å². The normalized spacial score (nSPS) is 21.8. The van der Waals surface area contributed by atoms with Crippen molar-refractivity contribution in [3.8, 4) is 0 Å². The van der Waals surface area contributed by atoms with Crippen molar-refractivity contribution in [2.75, 3.05) is 31.1 Å². The Kier molecular flexibility index (Phi) is 6.05. The van der Waals surface area contributed by atoms with Gasteiger partial charge in [0.05, 0.1) is 10.8 Å². The summed E-state index contributed by atoms with van der Waals surface area (Å²) in [5.41, 5.74) is 3.95. The van der Waals surface area contributed by atoms with Crippen LogP contribution in [0.4, 0.5) is 5.69 Å². The van der Waals surface area contributed by atoms with Crippen molar-refractivity contribution >= 4 is 33.5 Å². The number of carbonyl (C=O) groups excluding carboxylic acids is 1. The minimum absolute atomic E-state index is 0.0967. The summed E-state index contributed by atoms with van der Waals surface area (Å²) in [5.74, 6) is 0.851. The molecule has 3 heterocycles. The molecule has 0 radical (unpaired) electrons. The molecular weight excluding hydrogens is 406 g/mol. The summed E-state index contributed by atoms with van der Waals surface area (Å²) < 4.78 is 6.46. The van der Waals surface area contributed by atoms with Crippen molar-refractivity contribution in [1.82, 2.24) is 9.88 Å². The van der Waals surface area contributed by atoms with Gasteiger partial charge in [0.15, 0.2) is 0 Å². The molecule has 2 aliphatic heterocycles. The number of rotatable bonds is 5. The van der Waals surface area contributed by atoms with E-state index in [9.17, 15) is 4.79 Å². The summed E-state index contributed by atoms with van der Waals surface area (Å²) in [7, 11) is 0. The van der Waals surface area contributed by atoms with E-state index in [4.69, 9.17) is 4.74 Å². The first kappa shape index (κ1) is 22.2. The summed E-state index contributed by atoms with van der Waals surface area (Å²) in [5, 5.41) is 1.46. The second-order valence-electron chi connectivity index (χ2n) is 9.29. The average Bonchev–Trinajstić information content (AvgIpc) is 2.98. The topological polar surface area (TPSA) is 45.7 Å². The molecule has 0 aliphatic carbocycles. The Hall–Kier alpha value is -2.05. The molecule has 166 valence electrons. The van der Waals surface area contributed by atoms with Crippen LogP contribution in [0.2, 0.25) is 0 Å². The van der Waals surface area contributed by atoms with Crippen molar-refractivity contribution in [1.29, 1.82) is 0 Å². The molecule has 1 aromatic carbocycles. The maximum atomic E-state index is 12.0. The Balaban J connectivity index is 1.44. The molecule has 1 saturated heterocycles. The van der Waals surface area contributed by atoms with E-state index in [2.05, 4.69) is 73.7 Å². The third-order valence-electron chi connectivity index (χ3n) is 6.79. The lowest BCUT2D eigenvalue weighted by molar-refractivity contribution is -0.108. The molecule has 4 rings (SSSR count). The van der Waals surface area contributed by atoms with Crippen LogP contribution in [0.15, 0.2) is 41.8 Å². The molecule has 5 nitrogen and oxygen atoms in total. The Morgan fingerprint density at radius 2 is 1.87 bits per heavy atom. The number of aryl methyl sites for hydroxylation is 1. The van der Waals surface area contributed by atoms with Crippen molar-refractivity contribution in [2.45, 2.75) is 58.4 Å².